The molecule has 0 aliphatic heterocycles. The molecule has 0 aliphatic carbocycles. The van der Waals surface area contributed by atoms with E-state index < -0.39 is 0 Å². The van der Waals surface area contributed by atoms with Gasteiger partial charge in [-0.25, -0.2) is 0 Å². The second-order valence-corrected chi connectivity index (χ2v) is 5.10. The lowest BCUT2D eigenvalue weighted by Crippen LogP contribution is -2.37. The number of carbonyl (C=O) groups is 1. The van der Waals surface area contributed by atoms with Crippen LogP contribution in [0, 0.1) is 11.8 Å². The molecular formula is C16H20ClNO3. The van der Waals surface area contributed by atoms with Gasteiger partial charge in [0.05, 0.1) is 24.3 Å². The standard InChI is InChI=1S/C16H20ClNO3/c1-12(11-21-3)18(2)16(20)14-8-7-13(15(17)10-14)6-4-5-9-19/h7-8,10,12,19H,5,9,11H2,1-3H3. The van der Waals surface area contributed by atoms with Crippen molar-refractivity contribution in [3.63, 3.8) is 0 Å². The third-order valence-corrected chi connectivity index (χ3v) is 3.38. The van der Waals surface area contributed by atoms with Crippen molar-refractivity contribution in [2.45, 2.75) is 19.4 Å². The average molecular weight is 310 g/mol. The Hall–Kier alpha value is -1.54. The number of ether oxygens (including phenoxy) is 1. The van der Waals surface area contributed by atoms with Crippen molar-refractivity contribution in [2.24, 2.45) is 0 Å². The van der Waals surface area contributed by atoms with Crippen LogP contribution in [-0.2, 0) is 4.74 Å². The molecular weight excluding hydrogens is 290 g/mol. The number of hydrogen-bond acceptors (Lipinski definition) is 3. The van der Waals surface area contributed by atoms with Crippen LogP contribution < -0.4 is 0 Å². The van der Waals surface area contributed by atoms with Gasteiger partial charge in [-0.15, -0.1) is 0 Å². The number of methoxy groups -OCH3 is 1. The van der Waals surface area contributed by atoms with Crippen molar-refractivity contribution in [3.05, 3.63) is 34.3 Å². The van der Waals surface area contributed by atoms with Gasteiger partial charge in [0.15, 0.2) is 0 Å². The van der Waals surface area contributed by atoms with Gasteiger partial charge in [0.1, 0.15) is 0 Å². The largest absolute Gasteiger partial charge is 0.395 e. The van der Waals surface area contributed by atoms with Gasteiger partial charge in [-0.3, -0.25) is 4.79 Å². The lowest BCUT2D eigenvalue weighted by atomic mass is 10.1. The molecule has 0 aliphatic rings. The van der Waals surface area contributed by atoms with Crippen LogP contribution in [0.15, 0.2) is 18.2 Å². The maximum Gasteiger partial charge on any atom is 0.253 e. The molecule has 1 rings (SSSR count). The van der Waals surface area contributed by atoms with Crippen molar-refractivity contribution in [2.75, 3.05) is 27.4 Å². The molecule has 21 heavy (non-hydrogen) atoms. The zero-order chi connectivity index (χ0) is 15.8. The molecule has 1 N–H and O–H groups in total. The molecule has 0 bridgehead atoms. The lowest BCUT2D eigenvalue weighted by Gasteiger charge is -2.24. The Morgan fingerprint density at radius 2 is 2.24 bits per heavy atom. The summed E-state index contributed by atoms with van der Waals surface area (Å²) in [6.45, 7) is 2.40. The van der Waals surface area contributed by atoms with E-state index in [2.05, 4.69) is 11.8 Å². The molecule has 0 spiro atoms. The zero-order valence-electron chi connectivity index (χ0n) is 12.5. The molecule has 1 aromatic rings. The summed E-state index contributed by atoms with van der Waals surface area (Å²) < 4.78 is 5.05. The summed E-state index contributed by atoms with van der Waals surface area (Å²) in [5, 5.41) is 9.12. The number of carbonyl (C=O) groups excluding carboxylic acids is 1. The van der Waals surface area contributed by atoms with Gasteiger partial charge in [-0.2, -0.15) is 0 Å². The summed E-state index contributed by atoms with van der Waals surface area (Å²) in [5.41, 5.74) is 1.16. The highest BCUT2D eigenvalue weighted by Gasteiger charge is 2.18. The Labute approximate surface area is 130 Å². The topological polar surface area (TPSA) is 49.8 Å². The molecule has 1 aromatic carbocycles. The third kappa shape index (κ3) is 5.05. The summed E-state index contributed by atoms with van der Waals surface area (Å²) in [5.74, 6) is 5.55. The van der Waals surface area contributed by atoms with E-state index in [9.17, 15) is 4.79 Å². The fourth-order valence-electron chi connectivity index (χ4n) is 1.72. The highest BCUT2D eigenvalue weighted by molar-refractivity contribution is 6.32. The molecule has 0 aromatic heterocycles. The maximum atomic E-state index is 12.3. The summed E-state index contributed by atoms with van der Waals surface area (Å²) in [4.78, 5) is 13.9. The second-order valence-electron chi connectivity index (χ2n) is 4.69. The van der Waals surface area contributed by atoms with E-state index in [1.165, 1.54) is 0 Å². The Balaban J connectivity index is 2.88. The third-order valence-electron chi connectivity index (χ3n) is 3.07. The number of nitrogens with zero attached hydrogens (tertiary/aromatic N) is 1. The molecule has 1 unspecified atom stereocenters. The molecule has 1 amide bonds. The van der Waals surface area contributed by atoms with Crippen LogP contribution >= 0.6 is 11.6 Å². The summed E-state index contributed by atoms with van der Waals surface area (Å²) in [6, 6.07) is 5.01. The minimum absolute atomic E-state index is 0.0172. The molecule has 1 atom stereocenters. The Morgan fingerprint density at radius 1 is 1.52 bits per heavy atom. The van der Waals surface area contributed by atoms with Crippen LogP contribution in [0.5, 0.6) is 0 Å². The number of aliphatic hydroxyl groups is 1. The molecule has 0 saturated heterocycles. The van der Waals surface area contributed by atoms with Gasteiger partial charge in [0.25, 0.3) is 5.91 Å². The van der Waals surface area contributed by atoms with Crippen molar-refractivity contribution in [1.29, 1.82) is 0 Å². The molecule has 0 fully saturated rings. The van der Waals surface area contributed by atoms with Crippen molar-refractivity contribution < 1.29 is 14.6 Å². The molecule has 4 nitrogen and oxygen atoms in total. The first-order chi connectivity index (χ1) is 10.0. The number of rotatable bonds is 5. The number of likely N-dealkylation sites (N-methyl/N-ethyl adjacent to an activating group) is 1. The summed E-state index contributed by atoms with van der Waals surface area (Å²) in [7, 11) is 3.33. The summed E-state index contributed by atoms with van der Waals surface area (Å²) >= 11 is 6.14. The van der Waals surface area contributed by atoms with Gasteiger partial charge >= 0.3 is 0 Å². The molecule has 5 heteroatoms. The highest BCUT2D eigenvalue weighted by Crippen LogP contribution is 2.18. The number of hydrogen-bond donors (Lipinski definition) is 1. The lowest BCUT2D eigenvalue weighted by molar-refractivity contribution is 0.0633. The summed E-state index contributed by atoms with van der Waals surface area (Å²) in [6.07, 6.45) is 0.397. The van der Waals surface area contributed by atoms with Crippen LogP contribution in [0.1, 0.15) is 29.3 Å². The zero-order valence-corrected chi connectivity index (χ0v) is 13.3. The van der Waals surface area contributed by atoms with Gasteiger partial charge in [-0.1, -0.05) is 23.4 Å². The van der Waals surface area contributed by atoms with E-state index in [4.69, 9.17) is 21.4 Å². The predicted octanol–water partition coefficient (Wildman–Crippen LogP) is 2.18. The van der Waals surface area contributed by atoms with E-state index in [-0.39, 0.29) is 18.6 Å². The minimum atomic E-state index is -0.115. The normalized spacial score (nSPS) is 11.5. The van der Waals surface area contributed by atoms with E-state index in [0.717, 1.165) is 0 Å². The fraction of sp³-hybridized carbons (Fsp3) is 0.438. The van der Waals surface area contributed by atoms with Crippen LogP contribution in [0.25, 0.3) is 0 Å². The van der Waals surface area contributed by atoms with Gasteiger partial charge in [-0.05, 0) is 25.1 Å². The Bertz CT molecular complexity index is 548. The first-order valence-corrected chi connectivity index (χ1v) is 7.04. The fourth-order valence-corrected chi connectivity index (χ4v) is 1.95. The van der Waals surface area contributed by atoms with Crippen molar-refractivity contribution in [3.8, 4) is 11.8 Å². The maximum absolute atomic E-state index is 12.3. The first kappa shape index (κ1) is 17.5. The number of aliphatic hydroxyl groups excluding tert-OH is 1. The minimum Gasteiger partial charge on any atom is -0.395 e. The predicted molar refractivity (Wildman–Crippen MR) is 83.5 cm³/mol. The van der Waals surface area contributed by atoms with Crippen LogP contribution in [0.2, 0.25) is 5.02 Å². The molecule has 114 valence electrons. The van der Waals surface area contributed by atoms with Crippen LogP contribution in [-0.4, -0.2) is 49.3 Å². The smallest absolute Gasteiger partial charge is 0.253 e. The van der Waals surface area contributed by atoms with Crippen molar-refractivity contribution >= 4 is 17.5 Å². The van der Waals surface area contributed by atoms with Crippen molar-refractivity contribution in [1.82, 2.24) is 4.90 Å². The van der Waals surface area contributed by atoms with E-state index >= 15 is 0 Å². The van der Waals surface area contributed by atoms with Gasteiger partial charge < -0.3 is 14.7 Å². The second kappa shape index (κ2) is 8.68. The van der Waals surface area contributed by atoms with Gasteiger partial charge in [0.2, 0.25) is 0 Å². The van der Waals surface area contributed by atoms with Gasteiger partial charge in [0, 0.05) is 31.7 Å². The molecule has 0 saturated carbocycles. The highest BCUT2D eigenvalue weighted by atomic mass is 35.5. The number of halogens is 1. The molecule has 0 heterocycles. The van der Waals surface area contributed by atoms with E-state index in [0.29, 0.717) is 29.2 Å². The monoisotopic (exact) mass is 309 g/mol. The number of amides is 1. The van der Waals surface area contributed by atoms with Crippen LogP contribution in [0.4, 0.5) is 0 Å². The van der Waals surface area contributed by atoms with E-state index in [1.807, 2.05) is 6.92 Å². The Kier molecular flexibility index (Phi) is 7.24. The number of benzene rings is 1. The van der Waals surface area contributed by atoms with Crippen LogP contribution in [0.3, 0.4) is 0 Å². The average Bonchev–Trinajstić information content (AvgIpc) is 2.47. The SMILES string of the molecule is COCC(C)N(C)C(=O)c1ccc(C#CCCO)c(Cl)c1. The Morgan fingerprint density at radius 3 is 2.81 bits per heavy atom. The first-order valence-electron chi connectivity index (χ1n) is 6.66. The van der Waals surface area contributed by atoms with E-state index in [1.54, 1.807) is 37.3 Å². The quantitative estimate of drug-likeness (QED) is 0.848. The molecule has 0 radical (unpaired) electrons.